The Kier molecular flexibility index (Phi) is 5.08. The maximum Gasteiger partial charge on any atom is 0.0235 e. The van der Waals surface area contributed by atoms with Crippen molar-refractivity contribution in [3.05, 3.63) is 0 Å². The van der Waals surface area contributed by atoms with Crippen molar-refractivity contribution in [3.8, 4) is 0 Å². The van der Waals surface area contributed by atoms with Gasteiger partial charge in [0.05, 0.1) is 0 Å². The van der Waals surface area contributed by atoms with E-state index in [0.29, 0.717) is 0 Å². The Labute approximate surface area is 114 Å². The number of hydrogen-bond acceptors (Lipinski definition) is 2. The van der Waals surface area contributed by atoms with Crippen molar-refractivity contribution in [1.82, 2.24) is 9.80 Å². The van der Waals surface area contributed by atoms with Crippen LogP contribution in [0.5, 0.6) is 0 Å². The summed E-state index contributed by atoms with van der Waals surface area (Å²) in [7, 11) is 0. The number of nitrogens with zero attached hydrogens (tertiary/aromatic N) is 2. The molecule has 2 fully saturated rings. The third-order valence-electron chi connectivity index (χ3n) is 4.94. The van der Waals surface area contributed by atoms with Crippen LogP contribution in [0.25, 0.3) is 0 Å². The fourth-order valence-electron chi connectivity index (χ4n) is 4.08. The molecule has 0 bridgehead atoms. The second kappa shape index (κ2) is 6.38. The smallest absolute Gasteiger partial charge is 0.0235 e. The zero-order chi connectivity index (χ0) is 13.1. The SMILES string of the molecule is CCCC(C)N1CCC(N2CC(C)CC(C)C2)C1. The minimum Gasteiger partial charge on any atom is -0.299 e. The molecule has 4 atom stereocenters. The molecule has 106 valence electrons. The number of piperidine rings is 1. The lowest BCUT2D eigenvalue weighted by atomic mass is 9.91. The van der Waals surface area contributed by atoms with Crippen molar-refractivity contribution in [2.45, 2.75) is 65.5 Å². The highest BCUT2D eigenvalue weighted by atomic mass is 15.3. The molecule has 0 aromatic carbocycles. The van der Waals surface area contributed by atoms with Gasteiger partial charge in [0.1, 0.15) is 0 Å². The first-order valence-corrected chi connectivity index (χ1v) is 8.08. The molecule has 0 amide bonds. The third kappa shape index (κ3) is 3.48. The molecule has 0 aliphatic carbocycles. The maximum atomic E-state index is 2.79. The molecule has 0 N–H and O–H groups in total. The molecule has 2 aliphatic heterocycles. The van der Waals surface area contributed by atoms with Gasteiger partial charge in [0.15, 0.2) is 0 Å². The lowest BCUT2D eigenvalue weighted by Gasteiger charge is -2.39. The molecular weight excluding hydrogens is 220 g/mol. The van der Waals surface area contributed by atoms with Gasteiger partial charge in [-0.3, -0.25) is 9.80 Å². The Hall–Kier alpha value is -0.0800. The van der Waals surface area contributed by atoms with Crippen LogP contribution in [-0.2, 0) is 0 Å². The van der Waals surface area contributed by atoms with Crippen LogP contribution in [-0.4, -0.2) is 48.1 Å². The molecule has 0 saturated carbocycles. The van der Waals surface area contributed by atoms with Crippen molar-refractivity contribution in [2.24, 2.45) is 11.8 Å². The number of likely N-dealkylation sites (tertiary alicyclic amines) is 2. The predicted molar refractivity (Wildman–Crippen MR) is 78.9 cm³/mol. The molecule has 4 unspecified atom stereocenters. The fourth-order valence-corrected chi connectivity index (χ4v) is 4.08. The maximum absolute atomic E-state index is 2.79. The van der Waals surface area contributed by atoms with Crippen molar-refractivity contribution < 1.29 is 0 Å². The molecule has 0 aromatic rings. The summed E-state index contributed by atoms with van der Waals surface area (Å²) < 4.78 is 0. The van der Waals surface area contributed by atoms with Gasteiger partial charge in [-0.05, 0) is 38.0 Å². The Morgan fingerprint density at radius 2 is 1.78 bits per heavy atom. The summed E-state index contributed by atoms with van der Waals surface area (Å²) >= 11 is 0. The van der Waals surface area contributed by atoms with E-state index in [1.807, 2.05) is 0 Å². The average molecular weight is 252 g/mol. The van der Waals surface area contributed by atoms with Crippen LogP contribution in [0.15, 0.2) is 0 Å². The standard InChI is InChI=1S/C16H32N2/c1-5-6-15(4)17-8-7-16(12-17)18-10-13(2)9-14(3)11-18/h13-16H,5-12H2,1-4H3. The van der Waals surface area contributed by atoms with E-state index >= 15 is 0 Å². The van der Waals surface area contributed by atoms with E-state index < -0.39 is 0 Å². The van der Waals surface area contributed by atoms with Gasteiger partial charge in [0.2, 0.25) is 0 Å². The first-order chi connectivity index (χ1) is 8.60. The highest BCUT2D eigenvalue weighted by Crippen LogP contribution is 2.27. The molecule has 0 radical (unpaired) electrons. The van der Waals surface area contributed by atoms with E-state index in [-0.39, 0.29) is 0 Å². The molecule has 18 heavy (non-hydrogen) atoms. The van der Waals surface area contributed by atoms with Crippen molar-refractivity contribution in [1.29, 1.82) is 0 Å². The van der Waals surface area contributed by atoms with Crippen LogP contribution in [0.3, 0.4) is 0 Å². The molecule has 2 aliphatic rings. The Morgan fingerprint density at radius 3 is 2.39 bits per heavy atom. The van der Waals surface area contributed by atoms with E-state index in [0.717, 1.165) is 23.9 Å². The van der Waals surface area contributed by atoms with E-state index in [1.54, 1.807) is 0 Å². The van der Waals surface area contributed by atoms with E-state index in [1.165, 1.54) is 51.9 Å². The third-order valence-corrected chi connectivity index (χ3v) is 4.94. The van der Waals surface area contributed by atoms with Gasteiger partial charge in [-0.2, -0.15) is 0 Å². The van der Waals surface area contributed by atoms with Gasteiger partial charge in [-0.15, -0.1) is 0 Å². The van der Waals surface area contributed by atoms with E-state index in [9.17, 15) is 0 Å². The Bertz CT molecular complexity index is 243. The van der Waals surface area contributed by atoms with Gasteiger partial charge in [0, 0.05) is 38.3 Å². The van der Waals surface area contributed by atoms with Crippen molar-refractivity contribution in [3.63, 3.8) is 0 Å². The minimum absolute atomic E-state index is 0.791. The van der Waals surface area contributed by atoms with Crippen LogP contribution in [0.1, 0.15) is 53.4 Å². The highest BCUT2D eigenvalue weighted by molar-refractivity contribution is 4.88. The second-order valence-electron chi connectivity index (χ2n) is 6.98. The van der Waals surface area contributed by atoms with Gasteiger partial charge in [0.25, 0.3) is 0 Å². The monoisotopic (exact) mass is 252 g/mol. The summed E-state index contributed by atoms with van der Waals surface area (Å²) in [6.07, 6.45) is 5.51. The van der Waals surface area contributed by atoms with Gasteiger partial charge in [-0.25, -0.2) is 0 Å². The topological polar surface area (TPSA) is 6.48 Å². The van der Waals surface area contributed by atoms with Gasteiger partial charge in [-0.1, -0.05) is 27.2 Å². The number of rotatable bonds is 4. The van der Waals surface area contributed by atoms with Crippen LogP contribution >= 0.6 is 0 Å². The summed E-state index contributed by atoms with van der Waals surface area (Å²) in [5.74, 6) is 1.80. The summed E-state index contributed by atoms with van der Waals surface area (Å²) in [5.41, 5.74) is 0. The molecule has 2 rings (SSSR count). The summed E-state index contributed by atoms with van der Waals surface area (Å²) in [5, 5.41) is 0. The van der Waals surface area contributed by atoms with Crippen LogP contribution in [0.4, 0.5) is 0 Å². The molecule has 0 aromatic heterocycles. The largest absolute Gasteiger partial charge is 0.299 e. The lowest BCUT2D eigenvalue weighted by Crippen LogP contribution is -2.46. The van der Waals surface area contributed by atoms with E-state index in [4.69, 9.17) is 0 Å². The van der Waals surface area contributed by atoms with Crippen molar-refractivity contribution in [2.75, 3.05) is 26.2 Å². The molecule has 2 nitrogen and oxygen atoms in total. The normalized spacial score (nSPS) is 37.0. The van der Waals surface area contributed by atoms with Crippen LogP contribution in [0, 0.1) is 11.8 Å². The lowest BCUT2D eigenvalue weighted by molar-refractivity contribution is 0.0941. The van der Waals surface area contributed by atoms with Crippen molar-refractivity contribution >= 4 is 0 Å². The zero-order valence-corrected chi connectivity index (χ0v) is 12.9. The van der Waals surface area contributed by atoms with Crippen LogP contribution < -0.4 is 0 Å². The highest BCUT2D eigenvalue weighted by Gasteiger charge is 2.33. The summed E-state index contributed by atoms with van der Waals surface area (Å²) in [4.78, 5) is 5.51. The predicted octanol–water partition coefficient (Wildman–Crippen LogP) is 3.23. The van der Waals surface area contributed by atoms with Gasteiger partial charge < -0.3 is 0 Å². The molecule has 0 spiro atoms. The number of hydrogen-bond donors (Lipinski definition) is 0. The quantitative estimate of drug-likeness (QED) is 0.758. The van der Waals surface area contributed by atoms with Gasteiger partial charge >= 0.3 is 0 Å². The van der Waals surface area contributed by atoms with Crippen LogP contribution in [0.2, 0.25) is 0 Å². The molecule has 2 heterocycles. The summed E-state index contributed by atoms with van der Waals surface area (Å²) in [6.45, 7) is 14.9. The zero-order valence-electron chi connectivity index (χ0n) is 12.9. The first kappa shape index (κ1) is 14.3. The Morgan fingerprint density at radius 1 is 1.11 bits per heavy atom. The van der Waals surface area contributed by atoms with E-state index in [2.05, 4.69) is 37.5 Å². The first-order valence-electron chi connectivity index (χ1n) is 8.08. The molecule has 2 saturated heterocycles. The average Bonchev–Trinajstić information content (AvgIpc) is 2.77. The second-order valence-corrected chi connectivity index (χ2v) is 6.98. The Balaban J connectivity index is 1.84. The fraction of sp³-hybridized carbons (Fsp3) is 1.00. The molecule has 2 heteroatoms. The molecular formula is C16H32N2. The minimum atomic E-state index is 0.791. The summed E-state index contributed by atoms with van der Waals surface area (Å²) in [6, 6.07) is 1.63.